The zero-order valence-corrected chi connectivity index (χ0v) is 12.4. The minimum atomic E-state index is 0.865. The van der Waals surface area contributed by atoms with E-state index in [1.165, 1.54) is 26.2 Å². The van der Waals surface area contributed by atoms with Crippen molar-refractivity contribution in [3.05, 3.63) is 59.5 Å². The highest BCUT2D eigenvalue weighted by molar-refractivity contribution is 7.98. The summed E-state index contributed by atoms with van der Waals surface area (Å²) >= 11 is 3.56. The summed E-state index contributed by atoms with van der Waals surface area (Å²) in [4.78, 5) is 1.31. The van der Waals surface area contributed by atoms with Crippen molar-refractivity contribution < 1.29 is 0 Å². The number of rotatable bonds is 4. The molecular formula is C16H15NS2. The van der Waals surface area contributed by atoms with E-state index in [9.17, 15) is 0 Å². The number of benzene rings is 2. The van der Waals surface area contributed by atoms with E-state index in [4.69, 9.17) is 0 Å². The smallest absolute Gasteiger partial charge is 0.0400 e. The van der Waals surface area contributed by atoms with Gasteiger partial charge in [-0.3, -0.25) is 0 Å². The molecule has 3 rings (SSSR count). The van der Waals surface area contributed by atoms with E-state index in [1.807, 2.05) is 0 Å². The molecule has 0 saturated carbocycles. The summed E-state index contributed by atoms with van der Waals surface area (Å²) in [5.41, 5.74) is 2.49. The number of thiophene rings is 1. The molecule has 96 valence electrons. The van der Waals surface area contributed by atoms with Crippen molar-refractivity contribution in [2.45, 2.75) is 11.4 Å². The van der Waals surface area contributed by atoms with E-state index in [2.05, 4.69) is 65.5 Å². The van der Waals surface area contributed by atoms with Gasteiger partial charge in [0.05, 0.1) is 0 Å². The average Bonchev–Trinajstić information content (AvgIpc) is 2.93. The zero-order valence-electron chi connectivity index (χ0n) is 10.7. The molecule has 0 atom stereocenters. The third kappa shape index (κ3) is 2.94. The van der Waals surface area contributed by atoms with Gasteiger partial charge >= 0.3 is 0 Å². The van der Waals surface area contributed by atoms with Gasteiger partial charge in [0.1, 0.15) is 0 Å². The van der Waals surface area contributed by atoms with Crippen LogP contribution in [0.3, 0.4) is 0 Å². The largest absolute Gasteiger partial charge is 0.381 e. The van der Waals surface area contributed by atoms with E-state index in [0.29, 0.717) is 0 Å². The van der Waals surface area contributed by atoms with Gasteiger partial charge in [-0.15, -0.1) is 23.1 Å². The van der Waals surface area contributed by atoms with Gasteiger partial charge in [-0.05, 0) is 59.0 Å². The standard InChI is InChI=1S/C16H15NS2/c1-18-15-5-2-12(3-6-15)11-17-14-4-7-16-13(10-14)8-9-19-16/h2-10,17H,11H2,1H3. The molecule has 0 amide bonds. The minimum absolute atomic E-state index is 0.865. The highest BCUT2D eigenvalue weighted by Crippen LogP contribution is 2.24. The second kappa shape index (κ2) is 5.68. The zero-order chi connectivity index (χ0) is 13.1. The number of anilines is 1. The Morgan fingerprint density at radius 1 is 1.05 bits per heavy atom. The number of hydrogen-bond acceptors (Lipinski definition) is 3. The third-order valence-corrected chi connectivity index (χ3v) is 4.75. The Morgan fingerprint density at radius 3 is 2.68 bits per heavy atom. The predicted octanol–water partition coefficient (Wildman–Crippen LogP) is 5.24. The first kappa shape index (κ1) is 12.6. The van der Waals surface area contributed by atoms with Crippen molar-refractivity contribution in [3.63, 3.8) is 0 Å². The van der Waals surface area contributed by atoms with Gasteiger partial charge < -0.3 is 5.32 Å². The molecule has 0 radical (unpaired) electrons. The fourth-order valence-corrected chi connectivity index (χ4v) is 3.20. The lowest BCUT2D eigenvalue weighted by atomic mass is 10.2. The maximum atomic E-state index is 3.48. The van der Waals surface area contributed by atoms with Crippen LogP contribution in [-0.4, -0.2) is 6.26 Å². The third-order valence-electron chi connectivity index (χ3n) is 3.11. The van der Waals surface area contributed by atoms with Crippen molar-refractivity contribution in [2.24, 2.45) is 0 Å². The molecule has 0 saturated heterocycles. The highest BCUT2D eigenvalue weighted by atomic mass is 32.2. The summed E-state index contributed by atoms with van der Waals surface area (Å²) in [5.74, 6) is 0. The Kier molecular flexibility index (Phi) is 3.76. The predicted molar refractivity (Wildman–Crippen MR) is 87.4 cm³/mol. The van der Waals surface area contributed by atoms with Gasteiger partial charge in [0, 0.05) is 21.8 Å². The van der Waals surface area contributed by atoms with Crippen LogP contribution in [0.2, 0.25) is 0 Å². The highest BCUT2D eigenvalue weighted by Gasteiger charge is 1.98. The molecule has 0 spiro atoms. The molecule has 0 aliphatic heterocycles. The van der Waals surface area contributed by atoms with Gasteiger partial charge in [0.2, 0.25) is 0 Å². The molecule has 0 unspecified atom stereocenters. The fraction of sp³-hybridized carbons (Fsp3) is 0.125. The van der Waals surface area contributed by atoms with Crippen LogP contribution in [0.15, 0.2) is 58.8 Å². The molecule has 2 aromatic carbocycles. The summed E-state index contributed by atoms with van der Waals surface area (Å²) < 4.78 is 1.34. The maximum absolute atomic E-state index is 3.48. The van der Waals surface area contributed by atoms with Crippen LogP contribution < -0.4 is 5.32 Å². The van der Waals surface area contributed by atoms with Crippen LogP contribution in [0.5, 0.6) is 0 Å². The quantitative estimate of drug-likeness (QED) is 0.658. The lowest BCUT2D eigenvalue weighted by Gasteiger charge is -2.07. The van der Waals surface area contributed by atoms with E-state index in [1.54, 1.807) is 23.1 Å². The first-order chi connectivity index (χ1) is 9.35. The minimum Gasteiger partial charge on any atom is -0.381 e. The number of nitrogens with one attached hydrogen (secondary N) is 1. The first-order valence-electron chi connectivity index (χ1n) is 6.19. The van der Waals surface area contributed by atoms with Gasteiger partial charge in [-0.1, -0.05) is 12.1 Å². The summed E-state index contributed by atoms with van der Waals surface area (Å²) in [6.07, 6.45) is 2.10. The van der Waals surface area contributed by atoms with Crippen molar-refractivity contribution >= 4 is 38.9 Å². The Hall–Kier alpha value is -1.45. The fourth-order valence-electron chi connectivity index (χ4n) is 2.02. The Morgan fingerprint density at radius 2 is 1.89 bits per heavy atom. The normalized spacial score (nSPS) is 10.8. The van der Waals surface area contributed by atoms with E-state index >= 15 is 0 Å². The number of thioether (sulfide) groups is 1. The second-order valence-corrected chi connectivity index (χ2v) is 6.20. The molecule has 0 aliphatic rings. The summed E-state index contributed by atoms with van der Waals surface area (Å²) in [6.45, 7) is 0.865. The Bertz CT molecular complexity index is 671. The molecule has 1 heterocycles. The molecule has 0 aliphatic carbocycles. The first-order valence-corrected chi connectivity index (χ1v) is 8.30. The molecule has 1 aromatic heterocycles. The van der Waals surface area contributed by atoms with Crippen LogP contribution in [-0.2, 0) is 6.54 Å². The summed E-state index contributed by atoms with van der Waals surface area (Å²) in [6, 6.07) is 17.4. The van der Waals surface area contributed by atoms with E-state index in [-0.39, 0.29) is 0 Å². The monoisotopic (exact) mass is 285 g/mol. The maximum Gasteiger partial charge on any atom is 0.0400 e. The van der Waals surface area contributed by atoms with Crippen molar-refractivity contribution in [1.29, 1.82) is 0 Å². The Balaban J connectivity index is 1.70. The summed E-state index contributed by atoms with van der Waals surface area (Å²) in [7, 11) is 0. The van der Waals surface area contributed by atoms with Crippen LogP contribution in [0.1, 0.15) is 5.56 Å². The lowest BCUT2D eigenvalue weighted by molar-refractivity contribution is 1.14. The Labute approximate surface area is 121 Å². The molecule has 1 nitrogen and oxygen atoms in total. The van der Waals surface area contributed by atoms with Crippen LogP contribution >= 0.6 is 23.1 Å². The molecule has 3 heteroatoms. The topological polar surface area (TPSA) is 12.0 Å². The van der Waals surface area contributed by atoms with E-state index in [0.717, 1.165) is 6.54 Å². The molecule has 19 heavy (non-hydrogen) atoms. The summed E-state index contributed by atoms with van der Waals surface area (Å²) in [5, 5.41) is 6.93. The van der Waals surface area contributed by atoms with Gasteiger partial charge in [0.25, 0.3) is 0 Å². The van der Waals surface area contributed by atoms with Crippen molar-refractivity contribution in [2.75, 3.05) is 11.6 Å². The van der Waals surface area contributed by atoms with Gasteiger partial charge in [0.15, 0.2) is 0 Å². The van der Waals surface area contributed by atoms with Crippen molar-refractivity contribution in [3.8, 4) is 0 Å². The van der Waals surface area contributed by atoms with Crippen LogP contribution in [0, 0.1) is 0 Å². The van der Waals surface area contributed by atoms with Gasteiger partial charge in [-0.25, -0.2) is 0 Å². The molecule has 0 bridgehead atoms. The molecule has 1 N–H and O–H groups in total. The molecule has 3 aromatic rings. The number of hydrogen-bond donors (Lipinski definition) is 1. The molecular weight excluding hydrogens is 270 g/mol. The van der Waals surface area contributed by atoms with E-state index < -0.39 is 0 Å². The van der Waals surface area contributed by atoms with Gasteiger partial charge in [-0.2, -0.15) is 0 Å². The average molecular weight is 285 g/mol. The molecule has 0 fully saturated rings. The lowest BCUT2D eigenvalue weighted by Crippen LogP contribution is -1.98. The SMILES string of the molecule is CSc1ccc(CNc2ccc3sccc3c2)cc1. The van der Waals surface area contributed by atoms with Crippen molar-refractivity contribution in [1.82, 2.24) is 0 Å². The van der Waals surface area contributed by atoms with Crippen LogP contribution in [0.25, 0.3) is 10.1 Å². The van der Waals surface area contributed by atoms with Crippen LogP contribution in [0.4, 0.5) is 5.69 Å². The number of fused-ring (bicyclic) bond motifs is 1. The second-order valence-electron chi connectivity index (χ2n) is 4.37.